The summed E-state index contributed by atoms with van der Waals surface area (Å²) in [5.74, 6) is 1.87. The van der Waals surface area contributed by atoms with Gasteiger partial charge in [-0.05, 0) is 69.5 Å². The third kappa shape index (κ3) is 8.41. The van der Waals surface area contributed by atoms with E-state index in [2.05, 4.69) is 57.9 Å². The second kappa shape index (κ2) is 14.1. The quantitative estimate of drug-likeness (QED) is 0.329. The van der Waals surface area contributed by atoms with Gasteiger partial charge in [-0.15, -0.1) is 0 Å². The lowest BCUT2D eigenvalue weighted by Gasteiger charge is -2.39. The van der Waals surface area contributed by atoms with Crippen molar-refractivity contribution in [3.63, 3.8) is 0 Å². The summed E-state index contributed by atoms with van der Waals surface area (Å²) in [6.45, 7) is 5.36. The average Bonchev–Trinajstić information content (AvgIpc) is 2.93. The molecule has 5 rings (SSSR count). The minimum Gasteiger partial charge on any atom is -0.493 e. The van der Waals surface area contributed by atoms with Gasteiger partial charge in [-0.3, -0.25) is 9.69 Å². The molecule has 6 bridgehead atoms. The van der Waals surface area contributed by atoms with Gasteiger partial charge in [0.1, 0.15) is 5.75 Å². The third-order valence-corrected chi connectivity index (χ3v) is 7.22. The highest BCUT2D eigenvalue weighted by Gasteiger charge is 2.29. The van der Waals surface area contributed by atoms with Crippen LogP contribution in [-0.2, 0) is 11.3 Å². The summed E-state index contributed by atoms with van der Waals surface area (Å²) in [4.78, 5) is 27.9. The van der Waals surface area contributed by atoms with Gasteiger partial charge in [-0.1, -0.05) is 30.4 Å². The number of hydrogen-bond donors (Lipinski definition) is 2. The number of hydrogen-bond acceptors (Lipinski definition) is 8. The molecular formula is C33H41N7O2. The van der Waals surface area contributed by atoms with Crippen LogP contribution in [0.3, 0.4) is 0 Å². The Hall–Kier alpha value is -4.21. The summed E-state index contributed by atoms with van der Waals surface area (Å²) >= 11 is 0. The number of nitrogens with one attached hydrogen (secondary N) is 2. The van der Waals surface area contributed by atoms with Crippen LogP contribution < -0.4 is 15.4 Å². The number of likely N-dealkylation sites (N-methyl/N-ethyl adjacent to an activating group) is 2. The van der Waals surface area contributed by atoms with E-state index in [1.165, 1.54) is 5.56 Å². The Balaban J connectivity index is 1.30. The Bertz CT molecular complexity index is 1420. The molecule has 0 radical (unpaired) electrons. The van der Waals surface area contributed by atoms with Gasteiger partial charge in [0, 0.05) is 74.4 Å². The molecule has 2 N–H and O–H groups in total. The first kappa shape index (κ1) is 29.3. The zero-order chi connectivity index (χ0) is 29.3. The number of likely N-dealkylation sites (tertiary alicyclic amines) is 1. The molecule has 3 aromatic rings. The van der Waals surface area contributed by atoms with Crippen molar-refractivity contribution in [3.05, 3.63) is 84.6 Å². The van der Waals surface area contributed by atoms with Crippen LogP contribution in [0.25, 0.3) is 11.3 Å². The molecule has 0 unspecified atom stereocenters. The summed E-state index contributed by atoms with van der Waals surface area (Å²) in [7, 11) is 6.11. The van der Waals surface area contributed by atoms with E-state index in [0.29, 0.717) is 18.5 Å². The number of carbonyl (C=O) groups excluding carboxylic acids is 1. The highest BCUT2D eigenvalue weighted by molar-refractivity contribution is 5.88. The summed E-state index contributed by atoms with van der Waals surface area (Å²) in [6, 6.07) is 16.4. The number of rotatable bonds is 6. The molecule has 1 amide bonds. The molecule has 42 heavy (non-hydrogen) atoms. The van der Waals surface area contributed by atoms with Crippen LogP contribution in [0.1, 0.15) is 12.0 Å². The Labute approximate surface area is 248 Å². The Morgan fingerprint density at radius 2 is 2.05 bits per heavy atom. The predicted molar refractivity (Wildman–Crippen MR) is 169 cm³/mol. The molecule has 1 saturated heterocycles. The fraction of sp³-hybridized carbons (Fsp3) is 0.364. The number of anilines is 3. The third-order valence-electron chi connectivity index (χ3n) is 7.22. The van der Waals surface area contributed by atoms with E-state index in [-0.39, 0.29) is 5.91 Å². The van der Waals surface area contributed by atoms with Crippen molar-refractivity contribution in [2.45, 2.75) is 13.0 Å². The van der Waals surface area contributed by atoms with Crippen molar-refractivity contribution in [3.8, 4) is 17.0 Å². The normalized spacial score (nSPS) is 17.1. The van der Waals surface area contributed by atoms with E-state index >= 15 is 0 Å². The van der Waals surface area contributed by atoms with Crippen molar-refractivity contribution in [1.29, 1.82) is 0 Å². The fourth-order valence-corrected chi connectivity index (χ4v) is 5.02. The first-order valence-electron chi connectivity index (χ1n) is 14.6. The molecule has 1 aromatic heterocycles. The summed E-state index contributed by atoms with van der Waals surface area (Å²) in [6.07, 6.45) is 10.6. The maximum absolute atomic E-state index is 12.4. The first-order valence-corrected chi connectivity index (χ1v) is 14.6. The van der Waals surface area contributed by atoms with Crippen LogP contribution in [0.4, 0.5) is 17.3 Å². The maximum Gasteiger partial charge on any atom is 0.246 e. The monoisotopic (exact) mass is 567 g/mol. The van der Waals surface area contributed by atoms with E-state index in [1.54, 1.807) is 12.3 Å². The molecule has 9 heteroatoms. The van der Waals surface area contributed by atoms with Gasteiger partial charge >= 0.3 is 0 Å². The number of benzene rings is 2. The molecule has 2 aromatic carbocycles. The fourth-order valence-electron chi connectivity index (χ4n) is 5.02. The molecule has 1 fully saturated rings. The van der Waals surface area contributed by atoms with E-state index in [0.717, 1.165) is 74.1 Å². The highest BCUT2D eigenvalue weighted by Crippen LogP contribution is 2.27. The standard InChI is InChI=1S/C33H41N7O2/c1-38(2)14-8-11-32(41)40-23-26(24-40)21-35-28-17-25-18-29(20-28)36-33-34-13-12-31(37-33)27-9-7-10-30(19-27)42-16-6-4-5-15-39(3)22-25/h4-5,7-13,17-20,26,35H,6,14-16,21-24H2,1-3H3,(H,34,36,37)/b5-4+,11-8+. The van der Waals surface area contributed by atoms with Gasteiger partial charge in [0.15, 0.2) is 0 Å². The summed E-state index contributed by atoms with van der Waals surface area (Å²) in [5.41, 5.74) is 4.95. The number of ether oxygens (including phenoxy) is 1. The zero-order valence-corrected chi connectivity index (χ0v) is 24.8. The molecule has 2 aliphatic heterocycles. The summed E-state index contributed by atoms with van der Waals surface area (Å²) in [5, 5.41) is 7.04. The average molecular weight is 568 g/mol. The number of aromatic nitrogens is 2. The molecular weight excluding hydrogens is 526 g/mol. The van der Waals surface area contributed by atoms with Gasteiger partial charge in [0.2, 0.25) is 11.9 Å². The van der Waals surface area contributed by atoms with Crippen LogP contribution in [0, 0.1) is 5.92 Å². The molecule has 3 heterocycles. The van der Waals surface area contributed by atoms with Crippen molar-refractivity contribution < 1.29 is 9.53 Å². The number of nitrogens with zero attached hydrogens (tertiary/aromatic N) is 5. The Kier molecular flexibility index (Phi) is 9.84. The Morgan fingerprint density at radius 3 is 2.90 bits per heavy atom. The SMILES string of the molecule is CN(C)C/C=C/C(=O)N1CC(CNc2cc3cc(c2)Nc2nccc(n2)-c2cccc(c2)OCC/C=C/CN(C)C3)C1. The second-order valence-electron chi connectivity index (χ2n) is 11.3. The van der Waals surface area contributed by atoms with Crippen molar-refractivity contribution >= 4 is 23.2 Å². The predicted octanol–water partition coefficient (Wildman–Crippen LogP) is 4.65. The lowest BCUT2D eigenvalue weighted by Crippen LogP contribution is -2.51. The van der Waals surface area contributed by atoms with E-state index in [9.17, 15) is 4.79 Å². The van der Waals surface area contributed by atoms with E-state index in [4.69, 9.17) is 9.72 Å². The number of carbonyl (C=O) groups is 1. The lowest BCUT2D eigenvalue weighted by molar-refractivity contribution is -0.131. The minimum absolute atomic E-state index is 0.0890. The van der Waals surface area contributed by atoms with Crippen LogP contribution in [0.15, 0.2) is 79.0 Å². The molecule has 0 aliphatic carbocycles. The van der Waals surface area contributed by atoms with Crippen LogP contribution in [-0.4, -0.2) is 91.0 Å². The minimum atomic E-state index is 0.0890. The highest BCUT2D eigenvalue weighted by atomic mass is 16.5. The van der Waals surface area contributed by atoms with Gasteiger partial charge in [-0.2, -0.15) is 0 Å². The largest absolute Gasteiger partial charge is 0.493 e. The van der Waals surface area contributed by atoms with E-state index in [1.807, 2.05) is 60.3 Å². The molecule has 9 nitrogen and oxygen atoms in total. The van der Waals surface area contributed by atoms with Crippen molar-refractivity contribution in [1.82, 2.24) is 24.7 Å². The van der Waals surface area contributed by atoms with Gasteiger partial charge in [0.25, 0.3) is 0 Å². The summed E-state index contributed by atoms with van der Waals surface area (Å²) < 4.78 is 5.97. The van der Waals surface area contributed by atoms with Gasteiger partial charge in [-0.25, -0.2) is 9.97 Å². The topological polar surface area (TPSA) is 85.9 Å². The van der Waals surface area contributed by atoms with Crippen LogP contribution >= 0.6 is 0 Å². The maximum atomic E-state index is 12.4. The number of fused-ring (bicyclic) bond motifs is 7. The lowest BCUT2D eigenvalue weighted by atomic mass is 9.99. The molecule has 0 atom stereocenters. The number of amides is 1. The second-order valence-corrected chi connectivity index (χ2v) is 11.3. The zero-order valence-electron chi connectivity index (χ0n) is 24.8. The van der Waals surface area contributed by atoms with Crippen LogP contribution in [0.5, 0.6) is 5.75 Å². The van der Waals surface area contributed by atoms with Crippen molar-refractivity contribution in [2.75, 3.05) is 71.1 Å². The molecule has 0 saturated carbocycles. The molecule has 0 spiro atoms. The first-order chi connectivity index (χ1) is 20.4. The molecule has 220 valence electrons. The smallest absolute Gasteiger partial charge is 0.246 e. The van der Waals surface area contributed by atoms with E-state index < -0.39 is 0 Å². The molecule has 2 aliphatic rings. The van der Waals surface area contributed by atoms with Crippen molar-refractivity contribution in [2.24, 2.45) is 5.92 Å². The van der Waals surface area contributed by atoms with Crippen LogP contribution in [0.2, 0.25) is 0 Å². The van der Waals surface area contributed by atoms with Gasteiger partial charge in [0.05, 0.1) is 12.3 Å². The van der Waals surface area contributed by atoms with Gasteiger partial charge < -0.3 is 25.2 Å². The Morgan fingerprint density at radius 1 is 1.17 bits per heavy atom.